The van der Waals surface area contributed by atoms with Crippen LogP contribution in [0, 0.1) is 0 Å². The number of nitrogens with zero attached hydrogens (tertiary/aromatic N) is 2. The molecule has 0 bridgehead atoms. The lowest BCUT2D eigenvalue weighted by Gasteiger charge is -2.07. The van der Waals surface area contributed by atoms with E-state index in [2.05, 4.69) is 10.3 Å². The van der Waals surface area contributed by atoms with Crippen molar-refractivity contribution in [3.8, 4) is 0 Å². The van der Waals surface area contributed by atoms with Crippen molar-refractivity contribution >= 4 is 28.8 Å². The van der Waals surface area contributed by atoms with Gasteiger partial charge in [-0.2, -0.15) is 0 Å². The molecule has 0 aliphatic rings. The molecule has 7 heteroatoms. The van der Waals surface area contributed by atoms with E-state index in [0.29, 0.717) is 30.3 Å². The predicted molar refractivity (Wildman–Crippen MR) is 94.3 cm³/mol. The highest BCUT2D eigenvalue weighted by atomic mass is 16.5. The average molecular weight is 339 g/mol. The molecule has 0 spiro atoms. The maximum Gasteiger partial charge on any atom is 0.250 e. The number of methoxy groups -OCH3 is 1. The maximum absolute atomic E-state index is 12.0. The first kappa shape index (κ1) is 16.7. The zero-order valence-electron chi connectivity index (χ0n) is 13.6. The highest BCUT2D eigenvalue weighted by molar-refractivity contribution is 6.01. The van der Waals surface area contributed by atoms with E-state index in [1.54, 1.807) is 19.4 Å². The number of carbonyl (C=O) groups is 1. The average Bonchev–Trinajstić information content (AvgIpc) is 3.03. The van der Waals surface area contributed by atoms with Crippen molar-refractivity contribution in [3.63, 3.8) is 0 Å². The van der Waals surface area contributed by atoms with Crippen molar-refractivity contribution in [2.24, 2.45) is 0 Å². The second-order valence-electron chi connectivity index (χ2n) is 5.28. The highest BCUT2D eigenvalue weighted by Crippen LogP contribution is 2.15. The molecule has 25 heavy (non-hydrogen) atoms. The van der Waals surface area contributed by atoms with E-state index in [1.807, 2.05) is 24.3 Å². The fourth-order valence-corrected chi connectivity index (χ4v) is 2.26. The van der Waals surface area contributed by atoms with E-state index in [0.717, 1.165) is 5.52 Å². The highest BCUT2D eigenvalue weighted by Gasteiger charge is 2.04. The van der Waals surface area contributed by atoms with Crippen molar-refractivity contribution in [2.75, 3.05) is 19.0 Å². The molecule has 0 atom stereocenters. The van der Waals surface area contributed by atoms with E-state index in [1.165, 1.54) is 22.8 Å². The third-order valence-electron chi connectivity index (χ3n) is 3.48. The van der Waals surface area contributed by atoms with Gasteiger partial charge in [0, 0.05) is 38.1 Å². The van der Waals surface area contributed by atoms with Gasteiger partial charge in [-0.25, -0.2) is 4.98 Å². The first-order valence-corrected chi connectivity index (χ1v) is 7.70. The molecule has 7 nitrogen and oxygen atoms in total. The van der Waals surface area contributed by atoms with Crippen LogP contribution in [-0.2, 0) is 16.1 Å². The van der Waals surface area contributed by atoms with Crippen LogP contribution in [0.4, 0.5) is 5.69 Å². The Labute approximate surface area is 143 Å². The summed E-state index contributed by atoms with van der Waals surface area (Å²) < 4.78 is 11.9. The number of hydrogen-bond acceptors (Lipinski definition) is 5. The second kappa shape index (κ2) is 7.59. The number of amides is 1. The van der Waals surface area contributed by atoms with Crippen molar-refractivity contribution < 1.29 is 13.9 Å². The number of hydrogen-bond donors (Lipinski definition) is 1. The molecule has 0 unspecified atom stereocenters. The number of carbonyl (C=O) groups excluding carboxylic acids is 1. The molecular weight excluding hydrogens is 322 g/mol. The number of para-hydroxylation sites is 2. The minimum absolute atomic E-state index is 0.155. The van der Waals surface area contributed by atoms with E-state index in [9.17, 15) is 9.59 Å². The van der Waals surface area contributed by atoms with Crippen LogP contribution in [0.15, 0.2) is 57.9 Å². The monoisotopic (exact) mass is 339 g/mol. The van der Waals surface area contributed by atoms with Crippen LogP contribution in [0.5, 0.6) is 0 Å². The molecular formula is C18H17N3O4. The van der Waals surface area contributed by atoms with E-state index >= 15 is 0 Å². The topological polar surface area (TPSA) is 86.4 Å². The Morgan fingerprint density at radius 1 is 1.32 bits per heavy atom. The molecule has 2 heterocycles. The zero-order valence-corrected chi connectivity index (χ0v) is 13.6. The maximum atomic E-state index is 12.0. The third-order valence-corrected chi connectivity index (χ3v) is 3.48. The number of oxazole rings is 1. The molecule has 2 aromatic heterocycles. The first-order chi connectivity index (χ1) is 12.2. The first-order valence-electron chi connectivity index (χ1n) is 7.70. The Balaban J connectivity index is 1.68. The zero-order chi connectivity index (χ0) is 17.6. The van der Waals surface area contributed by atoms with Gasteiger partial charge in [0.1, 0.15) is 5.52 Å². The van der Waals surface area contributed by atoms with Crippen LogP contribution in [0.2, 0.25) is 0 Å². The Morgan fingerprint density at radius 3 is 2.96 bits per heavy atom. The van der Waals surface area contributed by atoms with Gasteiger partial charge in [0.05, 0.1) is 12.3 Å². The summed E-state index contributed by atoms with van der Waals surface area (Å²) in [6.45, 7) is 0.826. The van der Waals surface area contributed by atoms with Gasteiger partial charge in [0.15, 0.2) is 5.58 Å². The summed E-state index contributed by atoms with van der Waals surface area (Å²) in [7, 11) is 1.56. The summed E-state index contributed by atoms with van der Waals surface area (Å²) >= 11 is 0. The van der Waals surface area contributed by atoms with Gasteiger partial charge >= 0.3 is 0 Å². The van der Waals surface area contributed by atoms with Crippen molar-refractivity contribution in [1.29, 1.82) is 0 Å². The number of rotatable bonds is 6. The minimum atomic E-state index is -0.348. The number of benzene rings is 1. The SMILES string of the molecule is COCCn1cc(NC(=O)C=Cc2nc3ccccc3o2)ccc1=O. The summed E-state index contributed by atoms with van der Waals surface area (Å²) in [5.74, 6) is 0.000566. The molecule has 0 aliphatic carbocycles. The summed E-state index contributed by atoms with van der Waals surface area (Å²) in [6.07, 6.45) is 4.40. The van der Waals surface area contributed by atoms with Gasteiger partial charge in [0.25, 0.3) is 5.56 Å². The number of nitrogens with one attached hydrogen (secondary N) is 1. The van der Waals surface area contributed by atoms with Crippen LogP contribution < -0.4 is 10.9 Å². The molecule has 1 N–H and O–H groups in total. The lowest BCUT2D eigenvalue weighted by Crippen LogP contribution is -2.22. The fraction of sp³-hybridized carbons (Fsp3) is 0.167. The number of anilines is 1. The molecule has 128 valence electrons. The Kier molecular flexibility index (Phi) is 5.06. The summed E-state index contributed by atoms with van der Waals surface area (Å²) in [4.78, 5) is 28.0. The van der Waals surface area contributed by atoms with Gasteiger partial charge in [-0.05, 0) is 18.2 Å². The lowest BCUT2D eigenvalue weighted by atomic mass is 10.3. The van der Waals surface area contributed by atoms with Crippen molar-refractivity contribution in [2.45, 2.75) is 6.54 Å². The van der Waals surface area contributed by atoms with Crippen LogP contribution in [0.25, 0.3) is 17.2 Å². The van der Waals surface area contributed by atoms with Crippen LogP contribution in [-0.4, -0.2) is 29.2 Å². The second-order valence-corrected chi connectivity index (χ2v) is 5.28. The summed E-state index contributed by atoms with van der Waals surface area (Å²) in [5.41, 5.74) is 1.75. The van der Waals surface area contributed by atoms with Gasteiger partial charge < -0.3 is 19.0 Å². The van der Waals surface area contributed by atoms with Crippen LogP contribution in [0.3, 0.4) is 0 Å². The number of aromatic nitrogens is 2. The Morgan fingerprint density at radius 2 is 2.16 bits per heavy atom. The Bertz CT molecular complexity index is 939. The molecule has 0 saturated heterocycles. The molecule has 1 aromatic carbocycles. The number of fused-ring (bicyclic) bond motifs is 1. The largest absolute Gasteiger partial charge is 0.437 e. The summed E-state index contributed by atoms with van der Waals surface area (Å²) in [5, 5.41) is 2.69. The number of pyridine rings is 1. The predicted octanol–water partition coefficient (Wildman–Crippen LogP) is 2.29. The molecule has 0 fully saturated rings. The fourth-order valence-electron chi connectivity index (χ4n) is 2.26. The number of ether oxygens (including phenoxy) is 1. The van der Waals surface area contributed by atoms with Crippen LogP contribution >= 0.6 is 0 Å². The van der Waals surface area contributed by atoms with E-state index in [-0.39, 0.29) is 11.5 Å². The Hall–Kier alpha value is -3.19. The van der Waals surface area contributed by atoms with Crippen molar-refractivity contribution in [3.05, 3.63) is 64.9 Å². The van der Waals surface area contributed by atoms with Gasteiger partial charge in [-0.1, -0.05) is 12.1 Å². The van der Waals surface area contributed by atoms with E-state index < -0.39 is 0 Å². The van der Waals surface area contributed by atoms with E-state index in [4.69, 9.17) is 9.15 Å². The van der Waals surface area contributed by atoms with Gasteiger partial charge in [0.2, 0.25) is 11.8 Å². The van der Waals surface area contributed by atoms with Crippen molar-refractivity contribution in [1.82, 2.24) is 9.55 Å². The molecule has 3 rings (SSSR count). The summed E-state index contributed by atoms with van der Waals surface area (Å²) in [6, 6.07) is 10.3. The standard InChI is InChI=1S/C18H17N3O4/c1-24-11-10-21-12-13(6-9-18(21)23)19-16(22)7-8-17-20-14-4-2-3-5-15(14)25-17/h2-9,12H,10-11H2,1H3,(H,19,22). The lowest BCUT2D eigenvalue weighted by molar-refractivity contribution is -0.111. The molecule has 0 aliphatic heterocycles. The molecule has 1 amide bonds. The van der Waals surface area contributed by atoms with Gasteiger partial charge in [-0.3, -0.25) is 9.59 Å². The third kappa shape index (κ3) is 4.21. The smallest absolute Gasteiger partial charge is 0.250 e. The normalized spacial score (nSPS) is 11.2. The quantitative estimate of drug-likeness (QED) is 0.696. The molecule has 0 radical (unpaired) electrons. The molecule has 3 aromatic rings. The van der Waals surface area contributed by atoms with Gasteiger partial charge in [-0.15, -0.1) is 0 Å². The van der Waals surface area contributed by atoms with Crippen LogP contribution in [0.1, 0.15) is 5.89 Å². The molecule has 0 saturated carbocycles. The minimum Gasteiger partial charge on any atom is -0.437 e.